The number of thioether (sulfide) groups is 1. The molecule has 1 nitrogen and oxygen atoms in total. The van der Waals surface area contributed by atoms with Gasteiger partial charge in [-0.15, -0.1) is 23.6 Å². The van der Waals surface area contributed by atoms with Crippen LogP contribution in [-0.4, -0.2) is 5.75 Å². The molecule has 0 fully saturated rings. The van der Waals surface area contributed by atoms with Crippen molar-refractivity contribution < 1.29 is 0 Å². The van der Waals surface area contributed by atoms with Gasteiger partial charge in [-0.1, -0.05) is 12.1 Å². The van der Waals surface area contributed by atoms with Gasteiger partial charge in [0.05, 0.1) is 0 Å². The average molecular weight is 205 g/mol. The number of hydrogen-bond donors (Lipinski definition) is 1. The molecule has 0 unspecified atom stereocenters. The van der Waals surface area contributed by atoms with Gasteiger partial charge in [-0.25, -0.2) is 0 Å². The van der Waals surface area contributed by atoms with Crippen molar-refractivity contribution in [2.45, 2.75) is 24.8 Å². The Morgan fingerprint density at radius 1 is 1.43 bits per heavy atom. The Balaban J connectivity index is 2.44. The minimum absolute atomic E-state index is 0.614. The van der Waals surface area contributed by atoms with Crippen LogP contribution >= 0.6 is 11.8 Å². The van der Waals surface area contributed by atoms with Gasteiger partial charge in [-0.2, -0.15) is 0 Å². The molecular formula is C12H15NS. The molecule has 1 aromatic carbocycles. The molecule has 74 valence electrons. The molecule has 0 bridgehead atoms. The first-order chi connectivity index (χ1) is 6.86. The monoisotopic (exact) mass is 205 g/mol. The summed E-state index contributed by atoms with van der Waals surface area (Å²) >= 11 is 1.83. The van der Waals surface area contributed by atoms with Gasteiger partial charge in [-0.05, 0) is 24.6 Å². The zero-order valence-corrected chi connectivity index (χ0v) is 9.23. The Morgan fingerprint density at radius 2 is 2.29 bits per heavy atom. The van der Waals surface area contributed by atoms with Gasteiger partial charge in [0.15, 0.2) is 0 Å². The van der Waals surface area contributed by atoms with Crippen molar-refractivity contribution in [3.05, 3.63) is 29.8 Å². The summed E-state index contributed by atoms with van der Waals surface area (Å²) in [5, 5.41) is 0. The van der Waals surface area contributed by atoms with Crippen molar-refractivity contribution in [3.63, 3.8) is 0 Å². The predicted octanol–water partition coefficient (Wildman–Crippen LogP) is 2.65. The maximum atomic E-state index is 5.56. The first-order valence-electron chi connectivity index (χ1n) is 4.68. The second kappa shape index (κ2) is 6.53. The summed E-state index contributed by atoms with van der Waals surface area (Å²) in [4.78, 5) is 1.28. The second-order valence-corrected chi connectivity index (χ2v) is 4.05. The van der Waals surface area contributed by atoms with E-state index in [0.717, 1.165) is 12.2 Å². The van der Waals surface area contributed by atoms with Crippen LogP contribution in [0.1, 0.15) is 18.9 Å². The van der Waals surface area contributed by atoms with E-state index in [1.165, 1.54) is 10.5 Å². The van der Waals surface area contributed by atoms with E-state index in [1.54, 1.807) is 0 Å². The zero-order valence-electron chi connectivity index (χ0n) is 8.42. The molecule has 0 aromatic heterocycles. The van der Waals surface area contributed by atoms with Crippen LogP contribution in [0.25, 0.3) is 0 Å². The molecule has 0 radical (unpaired) electrons. The maximum Gasteiger partial charge on any atom is 0.0183 e. The maximum absolute atomic E-state index is 5.56. The molecule has 0 aliphatic carbocycles. The SMILES string of the molecule is CC#CCCSc1cccc(CN)c1. The lowest BCUT2D eigenvalue weighted by Gasteiger charge is -2.01. The quantitative estimate of drug-likeness (QED) is 0.464. The molecule has 0 saturated heterocycles. The van der Waals surface area contributed by atoms with E-state index in [2.05, 4.69) is 36.1 Å². The number of rotatable bonds is 4. The van der Waals surface area contributed by atoms with E-state index in [1.807, 2.05) is 18.7 Å². The third-order valence-corrected chi connectivity index (χ3v) is 2.80. The summed E-state index contributed by atoms with van der Waals surface area (Å²) < 4.78 is 0. The molecule has 1 aromatic rings. The lowest BCUT2D eigenvalue weighted by atomic mass is 10.2. The second-order valence-electron chi connectivity index (χ2n) is 2.88. The third-order valence-electron chi connectivity index (χ3n) is 1.81. The molecule has 0 heterocycles. The third kappa shape index (κ3) is 3.87. The van der Waals surface area contributed by atoms with Crippen LogP contribution in [-0.2, 0) is 6.54 Å². The minimum atomic E-state index is 0.614. The summed E-state index contributed by atoms with van der Waals surface area (Å²) in [6.07, 6.45) is 0.952. The van der Waals surface area contributed by atoms with Crippen LogP contribution in [0.2, 0.25) is 0 Å². The summed E-state index contributed by atoms with van der Waals surface area (Å²) in [6.45, 7) is 2.49. The zero-order chi connectivity index (χ0) is 10.2. The van der Waals surface area contributed by atoms with Gasteiger partial charge in [0.25, 0.3) is 0 Å². The van der Waals surface area contributed by atoms with E-state index in [9.17, 15) is 0 Å². The molecule has 0 atom stereocenters. The first-order valence-corrected chi connectivity index (χ1v) is 5.67. The van der Waals surface area contributed by atoms with Crippen molar-refractivity contribution in [3.8, 4) is 11.8 Å². The van der Waals surface area contributed by atoms with Crippen LogP contribution in [0, 0.1) is 11.8 Å². The Labute approximate surface area is 90.1 Å². The van der Waals surface area contributed by atoms with Crippen LogP contribution < -0.4 is 5.73 Å². The normalized spacial score (nSPS) is 9.29. The average Bonchev–Trinajstić information content (AvgIpc) is 2.25. The lowest BCUT2D eigenvalue weighted by molar-refractivity contribution is 1.06. The molecule has 2 heteroatoms. The first kappa shape index (κ1) is 11.2. The molecule has 1 rings (SSSR count). The van der Waals surface area contributed by atoms with Crippen molar-refractivity contribution >= 4 is 11.8 Å². The molecule has 0 spiro atoms. The molecule has 0 aliphatic heterocycles. The van der Waals surface area contributed by atoms with Crippen LogP contribution in [0.15, 0.2) is 29.2 Å². The number of hydrogen-bond acceptors (Lipinski definition) is 2. The van der Waals surface area contributed by atoms with E-state index in [0.29, 0.717) is 6.54 Å². The van der Waals surface area contributed by atoms with E-state index < -0.39 is 0 Å². The smallest absolute Gasteiger partial charge is 0.0183 e. The topological polar surface area (TPSA) is 26.0 Å². The fourth-order valence-electron chi connectivity index (χ4n) is 1.11. The van der Waals surface area contributed by atoms with Crippen molar-refractivity contribution in [1.29, 1.82) is 0 Å². The van der Waals surface area contributed by atoms with E-state index >= 15 is 0 Å². The van der Waals surface area contributed by atoms with E-state index in [-0.39, 0.29) is 0 Å². The van der Waals surface area contributed by atoms with Crippen molar-refractivity contribution in [2.24, 2.45) is 5.73 Å². The molecule has 0 aliphatic rings. The van der Waals surface area contributed by atoms with Gasteiger partial charge in [-0.3, -0.25) is 0 Å². The Morgan fingerprint density at radius 3 is 3.00 bits per heavy atom. The van der Waals surface area contributed by atoms with Gasteiger partial charge in [0.1, 0.15) is 0 Å². The van der Waals surface area contributed by atoms with Gasteiger partial charge in [0, 0.05) is 23.6 Å². The fourth-order valence-corrected chi connectivity index (χ4v) is 1.96. The molecule has 2 N–H and O–H groups in total. The fraction of sp³-hybridized carbons (Fsp3) is 0.333. The predicted molar refractivity (Wildman–Crippen MR) is 63.1 cm³/mol. The van der Waals surface area contributed by atoms with Crippen molar-refractivity contribution in [2.75, 3.05) is 5.75 Å². The summed E-state index contributed by atoms with van der Waals surface area (Å²) in [7, 11) is 0. The molecule has 14 heavy (non-hydrogen) atoms. The Bertz CT molecular complexity index is 336. The highest BCUT2D eigenvalue weighted by Crippen LogP contribution is 2.19. The van der Waals surface area contributed by atoms with Gasteiger partial charge < -0.3 is 5.73 Å². The lowest BCUT2D eigenvalue weighted by Crippen LogP contribution is -1.95. The minimum Gasteiger partial charge on any atom is -0.326 e. The largest absolute Gasteiger partial charge is 0.326 e. The van der Waals surface area contributed by atoms with Crippen LogP contribution in [0.5, 0.6) is 0 Å². The molecule has 0 saturated carbocycles. The van der Waals surface area contributed by atoms with E-state index in [4.69, 9.17) is 5.73 Å². The Kier molecular flexibility index (Phi) is 5.21. The summed E-state index contributed by atoms with van der Waals surface area (Å²) in [6, 6.07) is 8.36. The van der Waals surface area contributed by atoms with Gasteiger partial charge >= 0.3 is 0 Å². The standard InChI is InChI=1S/C12H15NS/c1-2-3-4-8-14-12-7-5-6-11(9-12)10-13/h5-7,9H,4,8,10,13H2,1H3. The van der Waals surface area contributed by atoms with Gasteiger partial charge in [0.2, 0.25) is 0 Å². The highest BCUT2D eigenvalue weighted by Gasteiger charge is 1.94. The highest BCUT2D eigenvalue weighted by molar-refractivity contribution is 7.99. The number of benzene rings is 1. The summed E-state index contributed by atoms with van der Waals surface area (Å²) in [5.74, 6) is 7.00. The molecular weight excluding hydrogens is 190 g/mol. The Hall–Kier alpha value is -0.910. The molecule has 0 amide bonds. The highest BCUT2D eigenvalue weighted by atomic mass is 32.2. The summed E-state index contributed by atoms with van der Waals surface area (Å²) in [5.41, 5.74) is 6.75. The van der Waals surface area contributed by atoms with Crippen LogP contribution in [0.4, 0.5) is 0 Å². The van der Waals surface area contributed by atoms with Crippen LogP contribution in [0.3, 0.4) is 0 Å². The number of nitrogens with two attached hydrogens (primary N) is 1. The van der Waals surface area contributed by atoms with Crippen molar-refractivity contribution in [1.82, 2.24) is 0 Å².